The van der Waals surface area contributed by atoms with Crippen LogP contribution >= 0.6 is 0 Å². The normalized spacial score (nSPS) is 11.8. The van der Waals surface area contributed by atoms with Gasteiger partial charge < -0.3 is 5.73 Å². The standard InChI is InChI=1S/C10H10F3N5/c11-10(12,13)8-5-17-18(6-8)9-15-3-7(1-2-14)4-16-9/h3-6H,1-2,14H2. The van der Waals surface area contributed by atoms with Crippen molar-refractivity contribution in [1.82, 2.24) is 19.7 Å². The number of alkyl halides is 3. The highest BCUT2D eigenvalue weighted by Gasteiger charge is 2.32. The number of nitrogens with zero attached hydrogens (tertiary/aromatic N) is 4. The molecule has 18 heavy (non-hydrogen) atoms. The minimum Gasteiger partial charge on any atom is -0.330 e. The number of hydrogen-bond acceptors (Lipinski definition) is 4. The SMILES string of the molecule is NCCc1cnc(-n2cc(C(F)(F)F)cn2)nc1. The third-order valence-electron chi connectivity index (χ3n) is 2.24. The van der Waals surface area contributed by atoms with Crippen molar-refractivity contribution in [3.8, 4) is 5.95 Å². The summed E-state index contributed by atoms with van der Waals surface area (Å²) in [6, 6.07) is 0. The van der Waals surface area contributed by atoms with E-state index >= 15 is 0 Å². The fraction of sp³-hybridized carbons (Fsp3) is 0.300. The van der Waals surface area contributed by atoms with Crippen molar-refractivity contribution >= 4 is 0 Å². The minimum absolute atomic E-state index is 0.0891. The van der Waals surface area contributed by atoms with Crippen LogP contribution in [-0.4, -0.2) is 26.3 Å². The number of halogens is 3. The second-order valence-electron chi connectivity index (χ2n) is 3.60. The summed E-state index contributed by atoms with van der Waals surface area (Å²) < 4.78 is 38.1. The fourth-order valence-corrected chi connectivity index (χ4v) is 1.34. The average Bonchev–Trinajstić information content (AvgIpc) is 2.79. The van der Waals surface area contributed by atoms with E-state index in [1.165, 1.54) is 12.4 Å². The van der Waals surface area contributed by atoms with Gasteiger partial charge in [-0.25, -0.2) is 14.6 Å². The summed E-state index contributed by atoms with van der Waals surface area (Å²) in [5.74, 6) is 0.0891. The molecule has 0 aromatic carbocycles. The van der Waals surface area contributed by atoms with Gasteiger partial charge in [0.1, 0.15) is 0 Å². The van der Waals surface area contributed by atoms with Crippen molar-refractivity contribution in [2.75, 3.05) is 6.54 Å². The van der Waals surface area contributed by atoms with Gasteiger partial charge in [-0.2, -0.15) is 18.3 Å². The quantitative estimate of drug-likeness (QED) is 0.896. The molecule has 5 nitrogen and oxygen atoms in total. The molecule has 0 bridgehead atoms. The molecular formula is C10H10F3N5. The first-order chi connectivity index (χ1) is 8.50. The van der Waals surface area contributed by atoms with Crippen LogP contribution in [0.15, 0.2) is 24.8 Å². The zero-order chi connectivity index (χ0) is 13.2. The van der Waals surface area contributed by atoms with Gasteiger partial charge in [-0.1, -0.05) is 0 Å². The van der Waals surface area contributed by atoms with E-state index in [0.717, 1.165) is 22.6 Å². The van der Waals surface area contributed by atoms with E-state index in [1.54, 1.807) is 0 Å². The molecule has 0 unspecified atom stereocenters. The first kappa shape index (κ1) is 12.5. The number of aromatic nitrogens is 4. The summed E-state index contributed by atoms with van der Waals surface area (Å²) in [5, 5.41) is 3.58. The van der Waals surface area contributed by atoms with Crippen molar-refractivity contribution in [1.29, 1.82) is 0 Å². The molecule has 0 aliphatic rings. The Labute approximate surface area is 100 Å². The van der Waals surface area contributed by atoms with Gasteiger partial charge in [0, 0.05) is 18.6 Å². The van der Waals surface area contributed by atoms with Crippen molar-refractivity contribution in [2.45, 2.75) is 12.6 Å². The van der Waals surface area contributed by atoms with Gasteiger partial charge in [0.25, 0.3) is 0 Å². The molecule has 0 spiro atoms. The monoisotopic (exact) mass is 257 g/mol. The molecule has 2 N–H and O–H groups in total. The van der Waals surface area contributed by atoms with Gasteiger partial charge in [0.15, 0.2) is 0 Å². The lowest BCUT2D eigenvalue weighted by Gasteiger charge is -2.02. The molecule has 0 atom stereocenters. The van der Waals surface area contributed by atoms with Gasteiger partial charge in [0.05, 0.1) is 11.8 Å². The molecule has 2 aromatic rings. The smallest absolute Gasteiger partial charge is 0.330 e. The van der Waals surface area contributed by atoms with Gasteiger partial charge >= 0.3 is 6.18 Å². The van der Waals surface area contributed by atoms with Crippen LogP contribution in [0.5, 0.6) is 0 Å². The summed E-state index contributed by atoms with van der Waals surface area (Å²) >= 11 is 0. The highest BCUT2D eigenvalue weighted by molar-refractivity contribution is 5.18. The second-order valence-corrected chi connectivity index (χ2v) is 3.60. The van der Waals surface area contributed by atoms with E-state index in [2.05, 4.69) is 15.1 Å². The zero-order valence-corrected chi connectivity index (χ0v) is 9.22. The summed E-state index contributed by atoms with van der Waals surface area (Å²) in [7, 11) is 0. The molecule has 0 radical (unpaired) electrons. The van der Waals surface area contributed by atoms with E-state index in [4.69, 9.17) is 5.73 Å². The Bertz CT molecular complexity index is 517. The molecule has 0 saturated carbocycles. The summed E-state index contributed by atoms with van der Waals surface area (Å²) in [6.45, 7) is 0.461. The predicted molar refractivity (Wildman–Crippen MR) is 56.9 cm³/mol. The van der Waals surface area contributed by atoms with Gasteiger partial charge in [-0.3, -0.25) is 0 Å². The van der Waals surface area contributed by atoms with E-state index in [9.17, 15) is 13.2 Å². The van der Waals surface area contributed by atoms with Crippen LogP contribution in [0, 0.1) is 0 Å². The van der Waals surface area contributed by atoms with Gasteiger partial charge in [-0.15, -0.1) is 0 Å². The Morgan fingerprint density at radius 2 is 1.83 bits per heavy atom. The molecule has 2 rings (SSSR count). The average molecular weight is 257 g/mol. The molecule has 0 aliphatic carbocycles. The van der Waals surface area contributed by atoms with Gasteiger partial charge in [0.2, 0.25) is 5.95 Å². The minimum atomic E-state index is -4.42. The lowest BCUT2D eigenvalue weighted by Crippen LogP contribution is -2.06. The summed E-state index contributed by atoms with van der Waals surface area (Å²) in [5.41, 5.74) is 5.35. The second kappa shape index (κ2) is 4.73. The molecule has 0 amide bonds. The van der Waals surface area contributed by atoms with Crippen LogP contribution in [0.25, 0.3) is 5.95 Å². The zero-order valence-electron chi connectivity index (χ0n) is 9.22. The van der Waals surface area contributed by atoms with Crippen LogP contribution < -0.4 is 5.73 Å². The van der Waals surface area contributed by atoms with Crippen molar-refractivity contribution < 1.29 is 13.2 Å². The van der Waals surface area contributed by atoms with Gasteiger partial charge in [-0.05, 0) is 18.5 Å². The Kier molecular flexibility index (Phi) is 3.28. The number of nitrogens with two attached hydrogens (primary N) is 1. The molecule has 2 heterocycles. The van der Waals surface area contributed by atoms with E-state index < -0.39 is 11.7 Å². The predicted octanol–water partition coefficient (Wildman–Crippen LogP) is 1.18. The Balaban J connectivity index is 2.23. The Hall–Kier alpha value is -1.96. The van der Waals surface area contributed by atoms with Crippen LogP contribution in [0.3, 0.4) is 0 Å². The van der Waals surface area contributed by atoms with E-state index in [1.807, 2.05) is 0 Å². The molecule has 8 heteroatoms. The van der Waals surface area contributed by atoms with Crippen molar-refractivity contribution in [3.05, 3.63) is 35.9 Å². The summed E-state index contributed by atoms with van der Waals surface area (Å²) in [6.07, 6.45) is 0.814. The molecule has 0 aliphatic heterocycles. The van der Waals surface area contributed by atoms with Crippen LogP contribution in [0.4, 0.5) is 13.2 Å². The van der Waals surface area contributed by atoms with Crippen LogP contribution in [-0.2, 0) is 12.6 Å². The maximum atomic E-state index is 12.4. The molecule has 96 valence electrons. The third-order valence-corrected chi connectivity index (χ3v) is 2.24. The Morgan fingerprint density at radius 3 is 2.33 bits per heavy atom. The first-order valence-corrected chi connectivity index (χ1v) is 5.14. The van der Waals surface area contributed by atoms with Crippen LogP contribution in [0.1, 0.15) is 11.1 Å². The first-order valence-electron chi connectivity index (χ1n) is 5.14. The highest BCUT2D eigenvalue weighted by Crippen LogP contribution is 2.28. The number of hydrogen-bond donors (Lipinski definition) is 1. The fourth-order valence-electron chi connectivity index (χ4n) is 1.34. The number of rotatable bonds is 3. The lowest BCUT2D eigenvalue weighted by molar-refractivity contribution is -0.137. The third kappa shape index (κ3) is 2.65. The maximum absolute atomic E-state index is 12.4. The topological polar surface area (TPSA) is 69.6 Å². The largest absolute Gasteiger partial charge is 0.419 e. The summed E-state index contributed by atoms with van der Waals surface area (Å²) in [4.78, 5) is 7.86. The van der Waals surface area contributed by atoms with E-state index in [0.29, 0.717) is 13.0 Å². The van der Waals surface area contributed by atoms with Crippen LogP contribution in [0.2, 0.25) is 0 Å². The maximum Gasteiger partial charge on any atom is 0.419 e. The molecule has 0 saturated heterocycles. The van der Waals surface area contributed by atoms with Crippen molar-refractivity contribution in [3.63, 3.8) is 0 Å². The Morgan fingerprint density at radius 1 is 1.17 bits per heavy atom. The highest BCUT2D eigenvalue weighted by atomic mass is 19.4. The molecule has 2 aromatic heterocycles. The van der Waals surface area contributed by atoms with E-state index in [-0.39, 0.29) is 5.95 Å². The molecular weight excluding hydrogens is 247 g/mol. The lowest BCUT2D eigenvalue weighted by atomic mass is 10.2. The van der Waals surface area contributed by atoms with Crippen molar-refractivity contribution in [2.24, 2.45) is 5.73 Å². The molecule has 0 fully saturated rings.